The molecule has 3 nitrogen and oxygen atoms in total. The van der Waals surface area contributed by atoms with Gasteiger partial charge in [0.1, 0.15) is 46.4 Å². The second-order valence-corrected chi connectivity index (χ2v) is 22.3. The minimum absolute atomic E-state index is 0. The van der Waals surface area contributed by atoms with E-state index in [-0.39, 0.29) is 50.5 Å². The van der Waals surface area contributed by atoms with E-state index in [1.165, 1.54) is 43.2 Å². The van der Waals surface area contributed by atoms with E-state index >= 15 is 0 Å². The molecule has 0 aliphatic heterocycles. The molecule has 0 saturated heterocycles. The molecular formula is C50H60Br2N2OP2. The van der Waals surface area contributed by atoms with Crippen molar-refractivity contribution in [1.29, 1.82) is 0 Å². The van der Waals surface area contributed by atoms with Crippen molar-refractivity contribution < 1.29 is 39.4 Å². The SMILES string of the molecule is C/C(=C\[P+](c1ccccc1)(c1ccccc1)c1ccccc1)NC(C)(C)C.C/C(=C\[P+](c1ccccc1)(c1ccccc1)c1ccccc1)NC(C)(C)C.O.[Br-].[Br-]. The van der Waals surface area contributed by atoms with Gasteiger partial charge in [0.05, 0.1) is 11.6 Å². The van der Waals surface area contributed by atoms with Gasteiger partial charge in [-0.1, -0.05) is 109 Å². The molecule has 0 fully saturated rings. The van der Waals surface area contributed by atoms with E-state index in [0.29, 0.717) is 0 Å². The Morgan fingerprint density at radius 3 is 0.649 bits per heavy atom. The van der Waals surface area contributed by atoms with Gasteiger partial charge < -0.3 is 50.1 Å². The zero-order valence-corrected chi connectivity index (χ0v) is 39.6. The number of hydrogen-bond donors (Lipinski definition) is 2. The average molecular weight is 927 g/mol. The second-order valence-electron chi connectivity index (χ2n) is 15.8. The quantitative estimate of drug-likeness (QED) is 0.207. The molecule has 0 aliphatic rings. The van der Waals surface area contributed by atoms with Gasteiger partial charge in [-0.25, -0.2) is 0 Å². The number of rotatable bonds is 10. The van der Waals surface area contributed by atoms with E-state index in [1.54, 1.807) is 0 Å². The molecule has 6 aromatic carbocycles. The summed E-state index contributed by atoms with van der Waals surface area (Å²) in [6.07, 6.45) is 0. The molecule has 0 aliphatic carbocycles. The third-order valence-electron chi connectivity index (χ3n) is 8.90. The van der Waals surface area contributed by atoms with E-state index in [0.717, 1.165) is 0 Å². The Kier molecular flexibility index (Phi) is 19.4. The van der Waals surface area contributed by atoms with Crippen molar-refractivity contribution in [2.45, 2.75) is 66.5 Å². The molecule has 0 spiro atoms. The van der Waals surface area contributed by atoms with Gasteiger partial charge in [0, 0.05) is 22.5 Å². The van der Waals surface area contributed by atoms with Crippen LogP contribution in [0.25, 0.3) is 0 Å². The monoisotopic (exact) mass is 924 g/mol. The summed E-state index contributed by atoms with van der Waals surface area (Å²) in [6, 6.07) is 65.6. The van der Waals surface area contributed by atoms with Crippen molar-refractivity contribution in [2.75, 3.05) is 0 Å². The van der Waals surface area contributed by atoms with Crippen LogP contribution >= 0.6 is 14.5 Å². The van der Waals surface area contributed by atoms with Crippen LogP contribution in [0.5, 0.6) is 0 Å². The molecule has 4 N–H and O–H groups in total. The average Bonchev–Trinajstić information content (AvgIpc) is 3.17. The topological polar surface area (TPSA) is 55.6 Å². The van der Waals surface area contributed by atoms with Crippen molar-refractivity contribution in [2.24, 2.45) is 0 Å². The standard InChI is InChI=1S/2C25H29NP.2BrH.H2O/c2*1-21(26-25(2,3)4)20-27(22-14-8-5-9-15-22,23-16-10-6-11-17-23)24-18-12-7-13-19-24;;;/h2*5-20,26H,1-4H3;2*1H;1H2/q2*+1;;;/p-2/b2*21-20+;;;. The third kappa shape index (κ3) is 13.1. The van der Waals surface area contributed by atoms with Crippen LogP contribution in [0.15, 0.2) is 205 Å². The van der Waals surface area contributed by atoms with Crippen molar-refractivity contribution >= 4 is 46.4 Å². The predicted molar refractivity (Wildman–Crippen MR) is 247 cm³/mol. The van der Waals surface area contributed by atoms with Crippen molar-refractivity contribution in [3.8, 4) is 0 Å². The Hall–Kier alpha value is -3.82. The molecule has 0 bridgehead atoms. The Morgan fingerprint density at radius 2 is 0.509 bits per heavy atom. The van der Waals surface area contributed by atoms with Crippen molar-refractivity contribution in [3.05, 3.63) is 205 Å². The molecule has 300 valence electrons. The van der Waals surface area contributed by atoms with E-state index in [1.807, 2.05) is 0 Å². The molecular weight excluding hydrogens is 866 g/mol. The van der Waals surface area contributed by atoms with E-state index in [2.05, 4.69) is 260 Å². The smallest absolute Gasteiger partial charge is 0.138 e. The number of allylic oxidation sites excluding steroid dienone is 2. The lowest BCUT2D eigenvalue weighted by Gasteiger charge is -2.27. The van der Waals surface area contributed by atoms with Crippen molar-refractivity contribution in [3.63, 3.8) is 0 Å². The number of benzene rings is 6. The number of nitrogens with one attached hydrogen (secondary N) is 2. The molecule has 0 atom stereocenters. The van der Waals surface area contributed by atoms with Crippen LogP contribution < -0.4 is 76.4 Å². The first-order chi connectivity index (χ1) is 25.8. The Balaban J connectivity index is 0.000000374. The molecule has 6 aromatic rings. The maximum Gasteiger partial charge on any atom is 0.138 e. The van der Waals surface area contributed by atoms with E-state index < -0.39 is 14.5 Å². The summed E-state index contributed by atoms with van der Waals surface area (Å²) in [5.74, 6) is 4.97. The number of halogens is 2. The lowest BCUT2D eigenvalue weighted by atomic mass is 10.1. The fourth-order valence-corrected chi connectivity index (χ4v) is 15.0. The molecule has 7 heteroatoms. The zero-order chi connectivity index (χ0) is 38.7. The summed E-state index contributed by atoms with van der Waals surface area (Å²) in [7, 11) is -3.84. The molecule has 0 amide bonds. The van der Waals surface area contributed by atoms with Crippen LogP contribution in [0, 0.1) is 0 Å². The zero-order valence-electron chi connectivity index (χ0n) is 34.6. The van der Waals surface area contributed by atoms with Gasteiger partial charge >= 0.3 is 0 Å². The maximum atomic E-state index is 3.67. The molecule has 0 heterocycles. The highest BCUT2D eigenvalue weighted by atomic mass is 79.9. The fourth-order valence-electron chi connectivity index (χ4n) is 7.15. The van der Waals surface area contributed by atoms with Crippen LogP contribution in [0.1, 0.15) is 55.4 Å². The summed E-state index contributed by atoms with van der Waals surface area (Å²) in [4.78, 5) is 0. The van der Waals surface area contributed by atoms with Gasteiger partial charge in [0.2, 0.25) is 0 Å². The summed E-state index contributed by atoms with van der Waals surface area (Å²) in [6.45, 7) is 17.6. The fraction of sp³-hybridized carbons (Fsp3) is 0.200. The van der Waals surface area contributed by atoms with Gasteiger partial charge in [0.15, 0.2) is 0 Å². The summed E-state index contributed by atoms with van der Waals surface area (Å²) >= 11 is 0. The molecule has 0 saturated carbocycles. The van der Waals surface area contributed by atoms with Crippen molar-refractivity contribution in [1.82, 2.24) is 10.6 Å². The largest absolute Gasteiger partial charge is 1.00 e. The van der Waals surface area contributed by atoms with Gasteiger partial charge in [-0.2, -0.15) is 0 Å². The molecule has 0 aromatic heterocycles. The maximum absolute atomic E-state index is 3.67. The van der Waals surface area contributed by atoms with Gasteiger partial charge in [-0.3, -0.25) is 0 Å². The first-order valence-electron chi connectivity index (χ1n) is 18.9. The summed E-state index contributed by atoms with van der Waals surface area (Å²) < 4.78 is 0. The predicted octanol–water partition coefficient (Wildman–Crippen LogP) is 3.64. The minimum Gasteiger partial charge on any atom is -1.00 e. The lowest BCUT2D eigenvalue weighted by molar-refractivity contribution is -0.001000. The van der Waals surface area contributed by atoms with Crippen LogP contribution in [-0.2, 0) is 0 Å². The lowest BCUT2D eigenvalue weighted by Crippen LogP contribution is -3.00. The number of hydrogen-bond acceptors (Lipinski definition) is 2. The molecule has 57 heavy (non-hydrogen) atoms. The van der Waals surface area contributed by atoms with E-state index in [9.17, 15) is 0 Å². The second kappa shape index (κ2) is 22.4. The van der Waals surface area contributed by atoms with E-state index in [4.69, 9.17) is 0 Å². The van der Waals surface area contributed by atoms with Crippen LogP contribution in [0.4, 0.5) is 0 Å². The Bertz CT molecular complexity index is 1740. The van der Waals surface area contributed by atoms with Gasteiger partial charge in [0.25, 0.3) is 0 Å². The first-order valence-corrected chi connectivity index (χ1v) is 22.6. The van der Waals surface area contributed by atoms with Crippen LogP contribution in [0.3, 0.4) is 0 Å². The minimum atomic E-state index is -1.92. The highest BCUT2D eigenvalue weighted by molar-refractivity contribution is 7.98. The van der Waals surface area contributed by atoms with Crippen LogP contribution in [-0.4, -0.2) is 16.6 Å². The Labute approximate surface area is 365 Å². The molecule has 0 radical (unpaired) electrons. The summed E-state index contributed by atoms with van der Waals surface area (Å²) in [5.41, 5.74) is 2.49. The Morgan fingerprint density at radius 1 is 0.351 bits per heavy atom. The molecule has 0 unspecified atom stereocenters. The molecule has 6 rings (SSSR count). The highest BCUT2D eigenvalue weighted by Gasteiger charge is 2.45. The first kappa shape index (κ1) is 49.3. The van der Waals surface area contributed by atoms with Gasteiger partial charge in [-0.05, 0) is 128 Å². The third-order valence-corrected chi connectivity index (χ3v) is 17.1. The highest BCUT2D eigenvalue weighted by Crippen LogP contribution is 2.58. The summed E-state index contributed by atoms with van der Waals surface area (Å²) in [5, 5.41) is 15.6. The normalized spacial score (nSPS) is 12.0. The van der Waals surface area contributed by atoms with Gasteiger partial charge in [-0.15, -0.1) is 0 Å². The van der Waals surface area contributed by atoms with Crippen LogP contribution in [0.2, 0.25) is 0 Å².